The van der Waals surface area contributed by atoms with E-state index in [4.69, 9.17) is 4.74 Å². The van der Waals surface area contributed by atoms with Crippen molar-refractivity contribution in [1.29, 1.82) is 0 Å². The molecule has 5 nitrogen and oxygen atoms in total. The predicted octanol–water partition coefficient (Wildman–Crippen LogP) is 2.82. The van der Waals surface area contributed by atoms with Crippen LogP contribution in [0, 0.1) is 0 Å². The fourth-order valence-electron chi connectivity index (χ4n) is 2.86. The van der Waals surface area contributed by atoms with Gasteiger partial charge in [0.1, 0.15) is 5.75 Å². The van der Waals surface area contributed by atoms with Gasteiger partial charge in [-0.05, 0) is 36.2 Å². The first-order valence-corrected chi connectivity index (χ1v) is 7.38. The maximum absolute atomic E-state index is 12.6. The van der Waals surface area contributed by atoms with E-state index in [1.807, 2.05) is 18.2 Å². The Morgan fingerprint density at radius 2 is 2.00 bits per heavy atom. The van der Waals surface area contributed by atoms with Crippen molar-refractivity contribution < 1.29 is 23.0 Å². The van der Waals surface area contributed by atoms with E-state index in [1.54, 1.807) is 18.1 Å². The Hall–Kier alpha value is -2.35. The molecule has 0 amide bonds. The third-order valence-corrected chi connectivity index (χ3v) is 3.99. The van der Waals surface area contributed by atoms with E-state index in [9.17, 15) is 18.3 Å². The van der Waals surface area contributed by atoms with Gasteiger partial charge in [-0.2, -0.15) is 13.2 Å². The maximum Gasteiger partial charge on any atom is 0.435 e. The highest BCUT2D eigenvalue weighted by Crippen LogP contribution is 2.37. The number of alkyl halides is 3. The second-order valence-corrected chi connectivity index (χ2v) is 5.61. The first-order chi connectivity index (χ1) is 11.4. The topological polar surface area (TPSA) is 58.5 Å². The SMILES string of the molecule is COc1cccc([C@H]2C[C@H](O)CN2c2ccc(C(F)(F)F)nn2)c1. The smallest absolute Gasteiger partial charge is 0.435 e. The summed E-state index contributed by atoms with van der Waals surface area (Å²) in [6, 6.07) is 9.33. The van der Waals surface area contributed by atoms with E-state index in [1.165, 1.54) is 6.07 Å². The summed E-state index contributed by atoms with van der Waals surface area (Å²) >= 11 is 0. The van der Waals surface area contributed by atoms with Crippen molar-refractivity contribution in [2.75, 3.05) is 18.6 Å². The largest absolute Gasteiger partial charge is 0.497 e. The van der Waals surface area contributed by atoms with Crippen LogP contribution < -0.4 is 9.64 Å². The summed E-state index contributed by atoms with van der Waals surface area (Å²) in [6.45, 7) is 0.280. The molecule has 0 radical (unpaired) electrons. The fraction of sp³-hybridized carbons (Fsp3) is 0.375. The Morgan fingerprint density at radius 1 is 1.21 bits per heavy atom. The third-order valence-electron chi connectivity index (χ3n) is 3.99. The van der Waals surface area contributed by atoms with Crippen molar-refractivity contribution >= 4 is 5.82 Å². The molecule has 1 aromatic carbocycles. The first-order valence-electron chi connectivity index (χ1n) is 7.38. The lowest BCUT2D eigenvalue weighted by molar-refractivity contribution is -0.141. The lowest BCUT2D eigenvalue weighted by atomic mass is 10.0. The molecule has 1 aliphatic heterocycles. The summed E-state index contributed by atoms with van der Waals surface area (Å²) in [4.78, 5) is 1.76. The quantitative estimate of drug-likeness (QED) is 0.932. The molecule has 2 atom stereocenters. The number of nitrogens with zero attached hydrogens (tertiary/aromatic N) is 3. The van der Waals surface area contributed by atoms with Gasteiger partial charge in [-0.15, -0.1) is 10.2 Å². The number of ether oxygens (including phenoxy) is 1. The molecule has 1 saturated heterocycles. The van der Waals surface area contributed by atoms with Crippen molar-refractivity contribution in [3.63, 3.8) is 0 Å². The molecule has 2 aromatic rings. The van der Waals surface area contributed by atoms with Gasteiger partial charge in [-0.1, -0.05) is 12.1 Å². The molecule has 0 spiro atoms. The zero-order chi connectivity index (χ0) is 17.3. The van der Waals surface area contributed by atoms with Gasteiger partial charge >= 0.3 is 6.18 Å². The summed E-state index contributed by atoms with van der Waals surface area (Å²) < 4.78 is 43.0. The van der Waals surface area contributed by atoms with Gasteiger partial charge in [-0.3, -0.25) is 0 Å². The number of benzene rings is 1. The number of methoxy groups -OCH3 is 1. The van der Waals surface area contributed by atoms with E-state index in [2.05, 4.69) is 10.2 Å². The van der Waals surface area contributed by atoms with Crippen LogP contribution in [0.25, 0.3) is 0 Å². The average Bonchev–Trinajstić information content (AvgIpc) is 2.96. The number of hydrogen-bond acceptors (Lipinski definition) is 5. The van der Waals surface area contributed by atoms with Crippen molar-refractivity contribution in [1.82, 2.24) is 10.2 Å². The molecule has 1 aromatic heterocycles. The van der Waals surface area contributed by atoms with Gasteiger partial charge in [0.15, 0.2) is 11.5 Å². The van der Waals surface area contributed by atoms with Gasteiger partial charge < -0.3 is 14.7 Å². The molecule has 0 unspecified atom stereocenters. The van der Waals surface area contributed by atoms with E-state index < -0.39 is 18.0 Å². The van der Waals surface area contributed by atoms with Crippen molar-refractivity contribution in [3.05, 3.63) is 47.7 Å². The minimum Gasteiger partial charge on any atom is -0.497 e. The Morgan fingerprint density at radius 3 is 2.62 bits per heavy atom. The number of aliphatic hydroxyl groups excluding tert-OH is 1. The van der Waals surface area contributed by atoms with Gasteiger partial charge in [0, 0.05) is 6.54 Å². The maximum atomic E-state index is 12.6. The number of aliphatic hydroxyl groups is 1. The van der Waals surface area contributed by atoms with Crippen molar-refractivity contribution in [3.8, 4) is 5.75 Å². The van der Waals surface area contributed by atoms with E-state index in [0.29, 0.717) is 18.0 Å². The summed E-state index contributed by atoms with van der Waals surface area (Å²) in [7, 11) is 1.56. The second kappa shape index (κ2) is 6.27. The molecule has 0 saturated carbocycles. The van der Waals surface area contributed by atoms with Crippen LogP contribution in [0.3, 0.4) is 0 Å². The molecule has 1 fully saturated rings. The molecular formula is C16H16F3N3O2. The lowest BCUT2D eigenvalue weighted by Gasteiger charge is -2.25. The molecule has 8 heteroatoms. The van der Waals surface area contributed by atoms with Crippen LogP contribution in [0.4, 0.5) is 19.0 Å². The van der Waals surface area contributed by atoms with Gasteiger partial charge in [0.2, 0.25) is 0 Å². The van der Waals surface area contributed by atoms with Crippen LogP contribution in [0.1, 0.15) is 23.7 Å². The number of rotatable bonds is 3. The van der Waals surface area contributed by atoms with Gasteiger partial charge in [0.25, 0.3) is 0 Å². The Bertz CT molecular complexity index is 706. The molecule has 0 bridgehead atoms. The molecule has 0 aliphatic carbocycles. The normalized spacial score (nSPS) is 21.1. The number of β-amino-alcohol motifs (C(OH)–C–C–N with tert-alkyl or cyclic N) is 1. The predicted molar refractivity (Wildman–Crippen MR) is 80.7 cm³/mol. The second-order valence-electron chi connectivity index (χ2n) is 5.61. The standard InChI is InChI=1S/C16H16F3N3O2/c1-24-12-4-2-3-10(7-12)13-8-11(23)9-22(13)15-6-5-14(20-21-15)16(17,18)19/h2-7,11,13,23H,8-9H2,1H3/t11-,13+/m0/s1. The average molecular weight is 339 g/mol. The van der Waals surface area contributed by atoms with Crippen molar-refractivity contribution in [2.24, 2.45) is 0 Å². The van der Waals surface area contributed by atoms with Crippen LogP contribution in [0.5, 0.6) is 5.75 Å². The third kappa shape index (κ3) is 3.28. The number of anilines is 1. The number of halogens is 3. The molecule has 24 heavy (non-hydrogen) atoms. The zero-order valence-electron chi connectivity index (χ0n) is 12.9. The van der Waals surface area contributed by atoms with Crippen LogP contribution in [-0.2, 0) is 6.18 Å². The van der Waals surface area contributed by atoms with E-state index in [-0.39, 0.29) is 12.6 Å². The zero-order valence-corrected chi connectivity index (χ0v) is 12.9. The minimum atomic E-state index is -4.53. The van der Waals surface area contributed by atoms with Crippen molar-refractivity contribution in [2.45, 2.75) is 24.7 Å². The fourth-order valence-corrected chi connectivity index (χ4v) is 2.86. The lowest BCUT2D eigenvalue weighted by Crippen LogP contribution is -2.26. The Kier molecular flexibility index (Phi) is 4.31. The molecule has 2 heterocycles. The van der Waals surface area contributed by atoms with Crippen LogP contribution >= 0.6 is 0 Å². The summed E-state index contributed by atoms with van der Waals surface area (Å²) in [5, 5.41) is 17.0. The summed E-state index contributed by atoms with van der Waals surface area (Å²) in [6.07, 6.45) is -4.66. The Labute approximate surface area is 136 Å². The minimum absolute atomic E-state index is 0.207. The van der Waals surface area contributed by atoms with E-state index >= 15 is 0 Å². The number of aromatic nitrogens is 2. The highest BCUT2D eigenvalue weighted by atomic mass is 19.4. The van der Waals surface area contributed by atoms with E-state index in [0.717, 1.165) is 11.6 Å². The molecule has 3 rings (SSSR count). The monoisotopic (exact) mass is 339 g/mol. The van der Waals surface area contributed by atoms with Crippen LogP contribution in [0.2, 0.25) is 0 Å². The molecular weight excluding hydrogens is 323 g/mol. The highest BCUT2D eigenvalue weighted by Gasteiger charge is 2.36. The molecule has 128 valence electrons. The van der Waals surface area contributed by atoms with Crippen LogP contribution in [0.15, 0.2) is 36.4 Å². The van der Waals surface area contributed by atoms with Gasteiger partial charge in [0.05, 0.1) is 19.3 Å². The summed E-state index contributed by atoms with van der Waals surface area (Å²) in [5.41, 5.74) is -0.142. The highest BCUT2D eigenvalue weighted by molar-refractivity contribution is 5.45. The summed E-state index contributed by atoms with van der Waals surface area (Å²) in [5.74, 6) is 0.972. The molecule has 1 N–H and O–H groups in total. The van der Waals surface area contributed by atoms with Gasteiger partial charge in [-0.25, -0.2) is 0 Å². The molecule has 1 aliphatic rings. The number of hydrogen-bond donors (Lipinski definition) is 1. The Balaban J connectivity index is 1.90. The first kappa shape index (κ1) is 16.5. The van der Waals surface area contributed by atoms with Crippen LogP contribution in [-0.4, -0.2) is 35.1 Å².